The van der Waals surface area contributed by atoms with E-state index in [1.807, 2.05) is 4.90 Å². The number of anilines is 1. The molecule has 0 N–H and O–H groups in total. The first-order valence-corrected chi connectivity index (χ1v) is 9.99. The van der Waals surface area contributed by atoms with E-state index < -0.39 is 0 Å². The smallest absolute Gasteiger partial charge is 0.257 e. The van der Waals surface area contributed by atoms with Gasteiger partial charge < -0.3 is 9.80 Å². The Hall–Kier alpha value is -2.18. The Morgan fingerprint density at radius 1 is 1.15 bits per heavy atom. The molecule has 1 amide bonds. The summed E-state index contributed by atoms with van der Waals surface area (Å²) in [6.45, 7) is 7.53. The maximum Gasteiger partial charge on any atom is 0.257 e. The second kappa shape index (κ2) is 7.21. The predicted octanol–water partition coefficient (Wildman–Crippen LogP) is 2.09. The molecule has 0 bridgehead atoms. The minimum Gasteiger partial charge on any atom is -0.353 e. The molecule has 2 fully saturated rings. The van der Waals surface area contributed by atoms with Crippen LogP contribution >= 0.6 is 0 Å². The van der Waals surface area contributed by atoms with Gasteiger partial charge in [-0.3, -0.25) is 9.20 Å². The van der Waals surface area contributed by atoms with E-state index in [1.165, 1.54) is 12.1 Å². The Kier molecular flexibility index (Phi) is 4.78. The van der Waals surface area contributed by atoms with Crippen molar-refractivity contribution in [1.82, 2.24) is 24.5 Å². The van der Waals surface area contributed by atoms with Gasteiger partial charge in [-0.05, 0) is 19.3 Å². The number of hydrogen-bond donors (Lipinski definition) is 0. The van der Waals surface area contributed by atoms with Gasteiger partial charge in [0.2, 0.25) is 5.91 Å². The van der Waals surface area contributed by atoms with Crippen molar-refractivity contribution in [3.05, 3.63) is 17.6 Å². The Labute approximate surface area is 154 Å². The highest BCUT2D eigenvalue weighted by molar-refractivity contribution is 5.79. The van der Waals surface area contributed by atoms with Gasteiger partial charge in [0.1, 0.15) is 11.6 Å². The molecule has 26 heavy (non-hydrogen) atoms. The van der Waals surface area contributed by atoms with Crippen LogP contribution in [0.4, 0.5) is 5.82 Å². The summed E-state index contributed by atoms with van der Waals surface area (Å²) in [6, 6.07) is 2.18. The number of piperazine rings is 1. The third kappa shape index (κ3) is 3.04. The highest BCUT2D eigenvalue weighted by atomic mass is 16.2. The first-order valence-electron chi connectivity index (χ1n) is 9.99. The Bertz CT molecular complexity index is 789. The summed E-state index contributed by atoms with van der Waals surface area (Å²) in [4.78, 5) is 21.5. The average molecular weight is 356 g/mol. The molecule has 1 saturated heterocycles. The molecule has 0 unspecified atom stereocenters. The molecule has 1 saturated carbocycles. The van der Waals surface area contributed by atoms with Crippen LogP contribution < -0.4 is 4.90 Å². The van der Waals surface area contributed by atoms with Crippen LogP contribution in [-0.4, -0.2) is 56.6 Å². The largest absolute Gasteiger partial charge is 0.353 e. The minimum atomic E-state index is 0.288. The van der Waals surface area contributed by atoms with Gasteiger partial charge in [0.15, 0.2) is 0 Å². The lowest BCUT2D eigenvalue weighted by atomic mass is 9.84. The summed E-state index contributed by atoms with van der Waals surface area (Å²) in [7, 11) is 0. The molecule has 0 aromatic carbocycles. The fraction of sp³-hybridized carbons (Fsp3) is 0.684. The third-order valence-corrected chi connectivity index (χ3v) is 5.70. The van der Waals surface area contributed by atoms with Gasteiger partial charge >= 0.3 is 0 Å². The Morgan fingerprint density at radius 2 is 1.92 bits per heavy atom. The standard InChI is InChI=1S/C19H28N6O/c1-3-6-15-13-17(20-19-22-21-16(4-2)25(15)19)23-9-11-24(12-10-23)18(26)14-7-5-8-14/h13-14H,3-12H2,1-2H3. The number of aromatic nitrogens is 4. The molecule has 4 rings (SSSR count). The molecule has 2 aliphatic rings. The molecule has 140 valence electrons. The van der Waals surface area contributed by atoms with Crippen LogP contribution in [0.15, 0.2) is 6.07 Å². The Morgan fingerprint density at radius 3 is 2.54 bits per heavy atom. The second-order valence-electron chi connectivity index (χ2n) is 7.40. The lowest BCUT2D eigenvalue weighted by molar-refractivity contribution is -0.138. The number of aryl methyl sites for hydroxylation is 2. The van der Waals surface area contributed by atoms with Crippen molar-refractivity contribution >= 4 is 17.5 Å². The Balaban J connectivity index is 1.53. The number of amides is 1. The van der Waals surface area contributed by atoms with Crippen molar-refractivity contribution in [3.8, 4) is 0 Å². The van der Waals surface area contributed by atoms with E-state index >= 15 is 0 Å². The third-order valence-electron chi connectivity index (χ3n) is 5.70. The summed E-state index contributed by atoms with van der Waals surface area (Å²) in [5.41, 5.74) is 1.22. The number of fused-ring (bicyclic) bond motifs is 1. The van der Waals surface area contributed by atoms with E-state index in [1.54, 1.807) is 0 Å². The van der Waals surface area contributed by atoms with Gasteiger partial charge in [0.05, 0.1) is 0 Å². The van der Waals surface area contributed by atoms with Crippen LogP contribution in [0.2, 0.25) is 0 Å². The number of nitrogens with zero attached hydrogens (tertiary/aromatic N) is 6. The quantitative estimate of drug-likeness (QED) is 0.821. The van der Waals surface area contributed by atoms with Gasteiger partial charge in [0.25, 0.3) is 5.78 Å². The predicted molar refractivity (Wildman–Crippen MR) is 100 cm³/mol. The van der Waals surface area contributed by atoms with Crippen LogP contribution in [0.5, 0.6) is 0 Å². The molecule has 0 atom stereocenters. The number of rotatable bonds is 5. The van der Waals surface area contributed by atoms with Crippen molar-refractivity contribution in [1.29, 1.82) is 0 Å². The second-order valence-corrected chi connectivity index (χ2v) is 7.40. The van der Waals surface area contributed by atoms with Gasteiger partial charge in [-0.2, -0.15) is 4.98 Å². The topological polar surface area (TPSA) is 66.6 Å². The van der Waals surface area contributed by atoms with Crippen LogP contribution in [0.1, 0.15) is 51.0 Å². The van der Waals surface area contributed by atoms with Gasteiger partial charge in [-0.1, -0.05) is 26.7 Å². The maximum atomic E-state index is 12.4. The highest BCUT2D eigenvalue weighted by Crippen LogP contribution is 2.29. The van der Waals surface area contributed by atoms with E-state index in [9.17, 15) is 4.79 Å². The summed E-state index contributed by atoms with van der Waals surface area (Å²) < 4.78 is 2.10. The molecule has 2 aromatic rings. The highest BCUT2D eigenvalue weighted by Gasteiger charge is 2.31. The van der Waals surface area contributed by atoms with Crippen molar-refractivity contribution in [2.45, 2.75) is 52.4 Å². The van der Waals surface area contributed by atoms with Crippen LogP contribution in [-0.2, 0) is 17.6 Å². The van der Waals surface area contributed by atoms with Crippen molar-refractivity contribution in [3.63, 3.8) is 0 Å². The maximum absolute atomic E-state index is 12.4. The van der Waals surface area contributed by atoms with Gasteiger partial charge in [-0.15, -0.1) is 10.2 Å². The van der Waals surface area contributed by atoms with Crippen molar-refractivity contribution in [2.75, 3.05) is 31.1 Å². The van der Waals surface area contributed by atoms with Crippen LogP contribution in [0, 0.1) is 5.92 Å². The lowest BCUT2D eigenvalue weighted by Crippen LogP contribution is -2.51. The van der Waals surface area contributed by atoms with E-state index in [4.69, 9.17) is 4.98 Å². The lowest BCUT2D eigenvalue weighted by Gasteiger charge is -2.38. The zero-order chi connectivity index (χ0) is 18.1. The van der Waals surface area contributed by atoms with E-state index in [0.717, 1.165) is 69.9 Å². The number of carbonyl (C=O) groups is 1. The molecular weight excluding hydrogens is 328 g/mol. The molecule has 0 spiro atoms. The fourth-order valence-corrected chi connectivity index (χ4v) is 3.92. The molecule has 1 aliphatic heterocycles. The molecule has 7 nitrogen and oxygen atoms in total. The molecule has 1 aliphatic carbocycles. The minimum absolute atomic E-state index is 0.288. The zero-order valence-electron chi connectivity index (χ0n) is 15.8. The molecule has 7 heteroatoms. The van der Waals surface area contributed by atoms with E-state index in [2.05, 4.69) is 39.4 Å². The van der Waals surface area contributed by atoms with Gasteiger partial charge in [-0.25, -0.2) is 0 Å². The molecule has 0 radical (unpaired) electrons. The van der Waals surface area contributed by atoms with Crippen molar-refractivity contribution in [2.24, 2.45) is 5.92 Å². The first-order chi connectivity index (χ1) is 12.7. The number of hydrogen-bond acceptors (Lipinski definition) is 5. The van der Waals surface area contributed by atoms with E-state index in [0.29, 0.717) is 11.7 Å². The zero-order valence-corrected chi connectivity index (χ0v) is 15.8. The molecule has 2 aromatic heterocycles. The summed E-state index contributed by atoms with van der Waals surface area (Å²) >= 11 is 0. The molecule has 3 heterocycles. The average Bonchev–Trinajstić information content (AvgIpc) is 3.04. The summed E-state index contributed by atoms with van der Waals surface area (Å²) in [5, 5.41) is 8.58. The van der Waals surface area contributed by atoms with Crippen LogP contribution in [0.25, 0.3) is 5.78 Å². The SMILES string of the molecule is CCCc1cc(N2CCN(C(=O)C3CCC3)CC2)nc2nnc(CC)n12. The first kappa shape index (κ1) is 17.2. The van der Waals surface area contributed by atoms with E-state index in [-0.39, 0.29) is 5.92 Å². The summed E-state index contributed by atoms with van der Waals surface area (Å²) in [5.74, 6) is 3.27. The number of carbonyl (C=O) groups excluding carboxylic acids is 1. The van der Waals surface area contributed by atoms with Crippen molar-refractivity contribution < 1.29 is 4.79 Å². The molecular formula is C19H28N6O. The van der Waals surface area contributed by atoms with Gasteiger partial charge in [0, 0.05) is 50.3 Å². The van der Waals surface area contributed by atoms with Crippen LogP contribution in [0.3, 0.4) is 0 Å². The normalized spacial score (nSPS) is 18.4. The summed E-state index contributed by atoms with van der Waals surface area (Å²) in [6.07, 6.45) is 6.26. The monoisotopic (exact) mass is 356 g/mol. The fourth-order valence-electron chi connectivity index (χ4n) is 3.92.